The number of aromatic amines is 1. The predicted molar refractivity (Wildman–Crippen MR) is 68.5 cm³/mol. The molecule has 5 nitrogen and oxygen atoms in total. The minimum atomic E-state index is -3.46. The van der Waals surface area contributed by atoms with Crippen molar-refractivity contribution in [3.05, 3.63) is 18.0 Å². The van der Waals surface area contributed by atoms with Gasteiger partial charge in [0.2, 0.25) is 10.0 Å². The zero-order valence-electron chi connectivity index (χ0n) is 10.5. The number of sulfonamides is 1. The fourth-order valence-electron chi connectivity index (χ4n) is 2.49. The third-order valence-corrected chi connectivity index (χ3v) is 4.96. The van der Waals surface area contributed by atoms with Crippen LogP contribution in [0.15, 0.2) is 17.2 Å². The number of aliphatic hydroxyl groups excluding tert-OH is 1. The molecular formula is C12H20N2O3S. The molecule has 0 radical (unpaired) electrons. The van der Waals surface area contributed by atoms with Gasteiger partial charge in [-0.25, -0.2) is 13.1 Å². The van der Waals surface area contributed by atoms with Crippen LogP contribution in [-0.4, -0.2) is 24.6 Å². The Morgan fingerprint density at radius 3 is 2.89 bits per heavy atom. The van der Waals surface area contributed by atoms with Crippen LogP contribution < -0.4 is 4.72 Å². The summed E-state index contributed by atoms with van der Waals surface area (Å²) in [4.78, 5) is 2.94. The monoisotopic (exact) mass is 272 g/mol. The first kappa shape index (κ1) is 13.6. The molecule has 2 rings (SSSR count). The van der Waals surface area contributed by atoms with Crippen molar-refractivity contribution < 1.29 is 13.5 Å². The molecule has 2 atom stereocenters. The number of H-pyrrole nitrogens is 1. The number of rotatable bonds is 4. The number of aliphatic hydroxyl groups is 1. The predicted octanol–water partition coefficient (Wildman–Crippen LogP) is 1.36. The number of nitrogens with one attached hydrogen (secondary N) is 2. The molecule has 0 aromatic carbocycles. The van der Waals surface area contributed by atoms with Crippen LogP contribution in [0.2, 0.25) is 0 Å². The van der Waals surface area contributed by atoms with Gasteiger partial charge in [0.25, 0.3) is 0 Å². The van der Waals surface area contributed by atoms with Crippen molar-refractivity contribution in [2.75, 3.05) is 0 Å². The summed E-state index contributed by atoms with van der Waals surface area (Å²) in [5, 5.41) is 8.93. The average Bonchev–Trinajstić information content (AvgIpc) is 2.77. The first-order valence-electron chi connectivity index (χ1n) is 6.32. The highest BCUT2D eigenvalue weighted by Crippen LogP contribution is 2.25. The van der Waals surface area contributed by atoms with E-state index in [9.17, 15) is 8.42 Å². The molecule has 1 aliphatic carbocycles. The Morgan fingerprint density at radius 2 is 2.28 bits per heavy atom. The lowest BCUT2D eigenvalue weighted by Gasteiger charge is -2.27. The van der Waals surface area contributed by atoms with Crippen LogP contribution in [0.25, 0.3) is 0 Å². The van der Waals surface area contributed by atoms with Crippen molar-refractivity contribution in [1.29, 1.82) is 0 Å². The molecule has 0 spiro atoms. The van der Waals surface area contributed by atoms with Crippen LogP contribution >= 0.6 is 0 Å². The van der Waals surface area contributed by atoms with Gasteiger partial charge in [-0.1, -0.05) is 19.8 Å². The van der Waals surface area contributed by atoms with Crippen molar-refractivity contribution in [3.8, 4) is 0 Å². The van der Waals surface area contributed by atoms with E-state index in [1.54, 1.807) is 0 Å². The van der Waals surface area contributed by atoms with Gasteiger partial charge in [-0.05, 0) is 24.8 Å². The average molecular weight is 272 g/mol. The largest absolute Gasteiger partial charge is 0.390 e. The Hall–Kier alpha value is -0.850. The summed E-state index contributed by atoms with van der Waals surface area (Å²) >= 11 is 0. The van der Waals surface area contributed by atoms with Crippen molar-refractivity contribution in [2.24, 2.45) is 5.92 Å². The molecule has 1 aromatic rings. The van der Waals surface area contributed by atoms with E-state index in [1.807, 2.05) is 0 Å². The maximum Gasteiger partial charge on any atom is 0.242 e. The second kappa shape index (κ2) is 5.42. The number of hydrogen-bond donors (Lipinski definition) is 3. The quantitative estimate of drug-likeness (QED) is 0.774. The van der Waals surface area contributed by atoms with E-state index in [1.165, 1.54) is 18.7 Å². The van der Waals surface area contributed by atoms with Gasteiger partial charge in [-0.3, -0.25) is 0 Å². The van der Waals surface area contributed by atoms with E-state index < -0.39 is 10.0 Å². The van der Waals surface area contributed by atoms with Gasteiger partial charge in [0.1, 0.15) is 0 Å². The van der Waals surface area contributed by atoms with Crippen molar-refractivity contribution in [1.82, 2.24) is 9.71 Å². The Bertz CT molecular complexity index is 495. The summed E-state index contributed by atoms with van der Waals surface area (Å²) in [6.07, 6.45) is 5.47. The number of hydrogen-bond acceptors (Lipinski definition) is 3. The number of aromatic nitrogens is 1. The van der Waals surface area contributed by atoms with E-state index in [4.69, 9.17) is 5.11 Å². The Kier molecular flexibility index (Phi) is 4.09. The lowest BCUT2D eigenvalue weighted by atomic mass is 9.88. The zero-order chi connectivity index (χ0) is 13.2. The fraction of sp³-hybridized carbons (Fsp3) is 0.667. The normalized spacial score (nSPS) is 25.2. The second-order valence-electron chi connectivity index (χ2n) is 5.11. The molecule has 2 unspecified atom stereocenters. The molecule has 1 fully saturated rings. The summed E-state index contributed by atoms with van der Waals surface area (Å²) < 4.78 is 27.0. The second-order valence-corrected chi connectivity index (χ2v) is 6.82. The highest BCUT2D eigenvalue weighted by Gasteiger charge is 2.25. The van der Waals surface area contributed by atoms with Gasteiger partial charge in [0, 0.05) is 17.9 Å². The first-order chi connectivity index (χ1) is 8.51. The van der Waals surface area contributed by atoms with Crippen LogP contribution in [0.5, 0.6) is 0 Å². The Balaban J connectivity index is 2.06. The first-order valence-corrected chi connectivity index (χ1v) is 7.80. The summed E-state index contributed by atoms with van der Waals surface area (Å²) in [6, 6.07) is 1.50. The third kappa shape index (κ3) is 3.13. The Labute approximate surface area is 108 Å². The highest BCUT2D eigenvalue weighted by atomic mass is 32.2. The fourth-order valence-corrected chi connectivity index (χ4v) is 3.79. The minimum Gasteiger partial charge on any atom is -0.390 e. The SMILES string of the molecule is CC1CCCC(NS(=O)(=O)c2c[nH]c(CO)c2)C1. The minimum absolute atomic E-state index is 0.0335. The van der Waals surface area contributed by atoms with Crippen LogP contribution in [0.1, 0.15) is 38.3 Å². The molecule has 0 bridgehead atoms. The van der Waals surface area contributed by atoms with E-state index in [-0.39, 0.29) is 17.5 Å². The lowest BCUT2D eigenvalue weighted by molar-refractivity contribution is 0.277. The lowest BCUT2D eigenvalue weighted by Crippen LogP contribution is -2.37. The van der Waals surface area contributed by atoms with Crippen LogP contribution in [-0.2, 0) is 16.6 Å². The summed E-state index contributed by atoms with van der Waals surface area (Å²) in [5.74, 6) is 0.575. The molecule has 1 aliphatic rings. The van der Waals surface area contributed by atoms with Crippen molar-refractivity contribution in [2.45, 2.75) is 50.2 Å². The van der Waals surface area contributed by atoms with E-state index in [2.05, 4.69) is 16.6 Å². The summed E-state index contributed by atoms with van der Waals surface area (Å²) in [5.41, 5.74) is 0.507. The summed E-state index contributed by atoms with van der Waals surface area (Å²) in [7, 11) is -3.46. The van der Waals surface area contributed by atoms with Crippen molar-refractivity contribution >= 4 is 10.0 Å². The maximum atomic E-state index is 12.1. The standard InChI is InChI=1S/C12H20N2O3S/c1-9-3-2-4-10(5-9)14-18(16,17)12-6-11(8-15)13-7-12/h6-7,9-10,13-15H,2-5,8H2,1H3. The van der Waals surface area contributed by atoms with Crippen LogP contribution in [0.3, 0.4) is 0 Å². The Morgan fingerprint density at radius 1 is 1.50 bits per heavy atom. The molecule has 0 saturated heterocycles. The van der Waals surface area contributed by atoms with Gasteiger partial charge >= 0.3 is 0 Å². The molecule has 1 saturated carbocycles. The molecule has 1 heterocycles. The third-order valence-electron chi connectivity index (χ3n) is 3.46. The van der Waals surface area contributed by atoms with Crippen LogP contribution in [0.4, 0.5) is 0 Å². The van der Waals surface area contributed by atoms with Crippen molar-refractivity contribution in [3.63, 3.8) is 0 Å². The highest BCUT2D eigenvalue weighted by molar-refractivity contribution is 7.89. The van der Waals surface area contributed by atoms with E-state index in [0.717, 1.165) is 19.3 Å². The molecule has 3 N–H and O–H groups in total. The van der Waals surface area contributed by atoms with Gasteiger partial charge in [-0.2, -0.15) is 0 Å². The maximum absolute atomic E-state index is 12.1. The van der Waals surface area contributed by atoms with Gasteiger partial charge < -0.3 is 10.1 Å². The van der Waals surface area contributed by atoms with Gasteiger partial charge in [-0.15, -0.1) is 0 Å². The molecule has 102 valence electrons. The molecule has 18 heavy (non-hydrogen) atoms. The molecule has 6 heteroatoms. The van der Waals surface area contributed by atoms with E-state index >= 15 is 0 Å². The topological polar surface area (TPSA) is 82.2 Å². The van der Waals surface area contributed by atoms with Crippen LogP contribution in [0, 0.1) is 5.92 Å². The van der Waals surface area contributed by atoms with E-state index in [0.29, 0.717) is 11.6 Å². The smallest absolute Gasteiger partial charge is 0.242 e. The molecule has 0 aliphatic heterocycles. The molecular weight excluding hydrogens is 252 g/mol. The van der Waals surface area contributed by atoms with Gasteiger partial charge in [0.15, 0.2) is 0 Å². The zero-order valence-corrected chi connectivity index (χ0v) is 11.3. The molecule has 1 aromatic heterocycles. The van der Waals surface area contributed by atoms with Gasteiger partial charge in [0.05, 0.1) is 11.5 Å². The molecule has 0 amide bonds. The summed E-state index contributed by atoms with van der Waals surface area (Å²) in [6.45, 7) is 1.97.